The highest BCUT2D eigenvalue weighted by molar-refractivity contribution is 9.10. The molecule has 6 heteroatoms. The van der Waals surface area contributed by atoms with Gasteiger partial charge in [-0.25, -0.2) is 4.98 Å². The second kappa shape index (κ2) is 5.60. The van der Waals surface area contributed by atoms with E-state index in [2.05, 4.69) is 26.2 Å². The number of thiazole rings is 1. The molecule has 0 unspecified atom stereocenters. The fourth-order valence-electron chi connectivity index (χ4n) is 1.75. The van der Waals surface area contributed by atoms with Crippen molar-refractivity contribution in [2.24, 2.45) is 0 Å². The zero-order valence-corrected chi connectivity index (χ0v) is 12.7. The van der Waals surface area contributed by atoms with E-state index in [1.165, 1.54) is 6.08 Å². The van der Waals surface area contributed by atoms with Crippen LogP contribution in [0.15, 0.2) is 52.6 Å². The van der Waals surface area contributed by atoms with Crippen LogP contribution >= 0.6 is 27.3 Å². The number of aromatic nitrogens is 2. The molecule has 0 aliphatic rings. The van der Waals surface area contributed by atoms with E-state index in [9.17, 15) is 4.79 Å². The molecule has 0 fully saturated rings. The van der Waals surface area contributed by atoms with Crippen LogP contribution in [-0.4, -0.2) is 15.3 Å². The van der Waals surface area contributed by atoms with Crippen molar-refractivity contribution in [2.45, 2.75) is 0 Å². The van der Waals surface area contributed by atoms with E-state index in [4.69, 9.17) is 0 Å². The lowest BCUT2D eigenvalue weighted by Gasteiger charge is -2.01. The summed E-state index contributed by atoms with van der Waals surface area (Å²) in [5.41, 5.74) is 1.64. The Kier molecular flexibility index (Phi) is 3.66. The molecule has 2 heterocycles. The third-order valence-electron chi connectivity index (χ3n) is 2.69. The molecule has 4 nitrogen and oxygen atoms in total. The summed E-state index contributed by atoms with van der Waals surface area (Å²) in [4.78, 5) is 17.0. The molecule has 2 aromatic heterocycles. The Morgan fingerprint density at radius 2 is 2.15 bits per heavy atom. The largest absolute Gasteiger partial charge is 0.323 e. The Morgan fingerprint density at radius 1 is 1.35 bits per heavy atom. The molecule has 0 atom stereocenters. The molecule has 0 aliphatic heterocycles. The topological polar surface area (TPSA) is 46.4 Å². The normalized spacial score (nSPS) is 11.2. The number of hydrogen-bond acceptors (Lipinski definition) is 3. The zero-order chi connectivity index (χ0) is 13.9. The number of benzene rings is 1. The van der Waals surface area contributed by atoms with Crippen LogP contribution in [0.3, 0.4) is 0 Å². The highest BCUT2D eigenvalue weighted by atomic mass is 79.9. The number of hydrogen-bond donors (Lipinski definition) is 1. The van der Waals surface area contributed by atoms with Crippen molar-refractivity contribution in [1.29, 1.82) is 0 Å². The second-order valence-corrected chi connectivity index (χ2v) is 5.86. The molecule has 1 aromatic carbocycles. The number of nitrogens with zero attached hydrogens (tertiary/aromatic N) is 2. The lowest BCUT2D eigenvalue weighted by molar-refractivity contribution is -0.111. The van der Waals surface area contributed by atoms with Gasteiger partial charge in [-0.3, -0.25) is 9.20 Å². The molecule has 0 saturated carbocycles. The summed E-state index contributed by atoms with van der Waals surface area (Å²) in [6, 6.07) is 7.44. The molecule has 0 bridgehead atoms. The van der Waals surface area contributed by atoms with Gasteiger partial charge in [-0.05, 0) is 30.3 Å². The van der Waals surface area contributed by atoms with Crippen LogP contribution < -0.4 is 5.32 Å². The molecular formula is C14H10BrN3OS. The summed E-state index contributed by atoms with van der Waals surface area (Å²) in [5.74, 6) is -0.169. The van der Waals surface area contributed by atoms with E-state index in [0.29, 0.717) is 0 Å². The quantitative estimate of drug-likeness (QED) is 0.732. The van der Waals surface area contributed by atoms with E-state index in [1.807, 2.05) is 40.2 Å². The van der Waals surface area contributed by atoms with Gasteiger partial charge in [0.05, 0.1) is 11.9 Å². The van der Waals surface area contributed by atoms with Crippen molar-refractivity contribution in [2.75, 3.05) is 5.32 Å². The van der Waals surface area contributed by atoms with Crippen molar-refractivity contribution >= 4 is 49.9 Å². The van der Waals surface area contributed by atoms with Gasteiger partial charge in [0.2, 0.25) is 5.91 Å². The average Bonchev–Trinajstić information content (AvgIpc) is 3.02. The molecule has 3 rings (SSSR count). The first-order valence-corrected chi connectivity index (χ1v) is 7.55. The minimum Gasteiger partial charge on any atom is -0.323 e. The summed E-state index contributed by atoms with van der Waals surface area (Å²) in [7, 11) is 0. The number of anilines is 1. The number of halogens is 1. The van der Waals surface area contributed by atoms with Crippen molar-refractivity contribution in [3.05, 3.63) is 58.3 Å². The SMILES string of the molecule is O=C(/C=C/c1cnc2sccn12)Nc1ccc(Br)cc1. The number of fused-ring (bicyclic) bond motifs is 1. The van der Waals surface area contributed by atoms with Crippen LogP contribution in [0.25, 0.3) is 11.0 Å². The fraction of sp³-hybridized carbons (Fsp3) is 0. The van der Waals surface area contributed by atoms with E-state index in [0.717, 1.165) is 20.8 Å². The van der Waals surface area contributed by atoms with E-state index < -0.39 is 0 Å². The van der Waals surface area contributed by atoms with Crippen LogP contribution in [0, 0.1) is 0 Å². The Morgan fingerprint density at radius 3 is 2.95 bits per heavy atom. The van der Waals surface area contributed by atoms with Gasteiger partial charge in [0.25, 0.3) is 0 Å². The summed E-state index contributed by atoms with van der Waals surface area (Å²) >= 11 is 4.91. The van der Waals surface area contributed by atoms with Gasteiger partial charge in [0.1, 0.15) is 0 Å². The average molecular weight is 348 g/mol. The minimum absolute atomic E-state index is 0.169. The summed E-state index contributed by atoms with van der Waals surface area (Å²) in [6.07, 6.45) is 6.93. The molecule has 3 aromatic rings. The predicted octanol–water partition coefficient (Wildman–Crippen LogP) is 3.81. The van der Waals surface area contributed by atoms with Gasteiger partial charge in [-0.1, -0.05) is 15.9 Å². The molecule has 1 N–H and O–H groups in total. The Balaban J connectivity index is 1.71. The third kappa shape index (κ3) is 2.81. The fourth-order valence-corrected chi connectivity index (χ4v) is 2.71. The Bertz CT molecular complexity index is 773. The number of amides is 1. The lowest BCUT2D eigenvalue weighted by atomic mass is 10.3. The molecule has 20 heavy (non-hydrogen) atoms. The van der Waals surface area contributed by atoms with Gasteiger partial charge in [-0.2, -0.15) is 0 Å². The van der Waals surface area contributed by atoms with Crippen molar-refractivity contribution in [1.82, 2.24) is 9.38 Å². The first-order chi connectivity index (χ1) is 9.72. The number of imidazole rings is 1. The Labute approximate surface area is 127 Å². The first kappa shape index (κ1) is 13.1. The summed E-state index contributed by atoms with van der Waals surface area (Å²) in [5, 5.41) is 4.76. The zero-order valence-electron chi connectivity index (χ0n) is 10.3. The maximum Gasteiger partial charge on any atom is 0.248 e. The minimum atomic E-state index is -0.169. The summed E-state index contributed by atoms with van der Waals surface area (Å²) in [6.45, 7) is 0. The van der Waals surface area contributed by atoms with Gasteiger partial charge in [0.15, 0.2) is 4.96 Å². The van der Waals surface area contributed by atoms with Crippen LogP contribution in [0.5, 0.6) is 0 Å². The van der Waals surface area contributed by atoms with E-state index in [-0.39, 0.29) is 5.91 Å². The Hall–Kier alpha value is -1.92. The van der Waals surface area contributed by atoms with Crippen LogP contribution in [0.4, 0.5) is 5.69 Å². The van der Waals surface area contributed by atoms with Gasteiger partial charge < -0.3 is 5.32 Å². The molecule has 1 amide bonds. The third-order valence-corrected chi connectivity index (χ3v) is 3.99. The number of carbonyl (C=O) groups excluding carboxylic acids is 1. The molecule has 0 aliphatic carbocycles. The van der Waals surface area contributed by atoms with Crippen molar-refractivity contribution < 1.29 is 4.79 Å². The van der Waals surface area contributed by atoms with E-state index >= 15 is 0 Å². The van der Waals surface area contributed by atoms with Gasteiger partial charge in [0, 0.05) is 27.8 Å². The summed E-state index contributed by atoms with van der Waals surface area (Å²) < 4.78 is 2.92. The standard InChI is InChI=1S/C14H10BrN3OS/c15-10-1-3-11(4-2-10)17-13(19)6-5-12-9-16-14-18(12)7-8-20-14/h1-9H,(H,17,19)/b6-5+. The van der Waals surface area contributed by atoms with Gasteiger partial charge in [-0.15, -0.1) is 11.3 Å². The molecular weight excluding hydrogens is 338 g/mol. The van der Waals surface area contributed by atoms with Crippen molar-refractivity contribution in [3.8, 4) is 0 Å². The van der Waals surface area contributed by atoms with E-state index in [1.54, 1.807) is 23.6 Å². The van der Waals surface area contributed by atoms with Crippen LogP contribution in [0.2, 0.25) is 0 Å². The molecule has 0 spiro atoms. The highest BCUT2D eigenvalue weighted by Gasteiger charge is 2.02. The van der Waals surface area contributed by atoms with Crippen LogP contribution in [-0.2, 0) is 4.79 Å². The molecule has 0 saturated heterocycles. The highest BCUT2D eigenvalue weighted by Crippen LogP contribution is 2.15. The predicted molar refractivity (Wildman–Crippen MR) is 84.9 cm³/mol. The molecule has 100 valence electrons. The van der Waals surface area contributed by atoms with Crippen LogP contribution in [0.1, 0.15) is 5.69 Å². The second-order valence-electron chi connectivity index (χ2n) is 4.07. The smallest absolute Gasteiger partial charge is 0.248 e. The number of carbonyl (C=O) groups is 1. The monoisotopic (exact) mass is 347 g/mol. The first-order valence-electron chi connectivity index (χ1n) is 5.87. The molecule has 0 radical (unpaired) electrons. The maximum atomic E-state index is 11.8. The maximum absolute atomic E-state index is 11.8. The number of nitrogens with one attached hydrogen (secondary N) is 1. The van der Waals surface area contributed by atoms with Gasteiger partial charge >= 0.3 is 0 Å². The number of rotatable bonds is 3. The van der Waals surface area contributed by atoms with Crippen molar-refractivity contribution in [3.63, 3.8) is 0 Å². The lowest BCUT2D eigenvalue weighted by Crippen LogP contribution is -2.07.